The third-order valence-corrected chi connectivity index (χ3v) is 3.82. The van der Waals surface area contributed by atoms with E-state index in [1.54, 1.807) is 37.3 Å². The minimum atomic E-state index is -0.753. The van der Waals surface area contributed by atoms with E-state index in [0.29, 0.717) is 33.9 Å². The molecule has 0 spiro atoms. The zero-order chi connectivity index (χ0) is 16.8. The number of rotatable bonds is 7. The van der Waals surface area contributed by atoms with Crippen molar-refractivity contribution in [3.05, 3.63) is 51.9 Å². The van der Waals surface area contributed by atoms with Crippen LogP contribution in [-0.4, -0.2) is 18.6 Å². The van der Waals surface area contributed by atoms with Gasteiger partial charge in [0.2, 0.25) is 0 Å². The van der Waals surface area contributed by atoms with Gasteiger partial charge in [0.1, 0.15) is 34.9 Å². The maximum atomic E-state index is 11.5. The Bertz CT molecular complexity index is 672. The summed E-state index contributed by atoms with van der Waals surface area (Å²) < 4.78 is 16.0. The van der Waals surface area contributed by atoms with E-state index >= 15 is 0 Å². The van der Waals surface area contributed by atoms with Gasteiger partial charge in [0.15, 0.2) is 0 Å². The molecule has 0 aliphatic carbocycles. The Morgan fingerprint density at radius 2 is 2.00 bits per heavy atom. The number of carbonyl (C=O) groups excluding carboxylic acids is 1. The highest BCUT2D eigenvalue weighted by Crippen LogP contribution is 2.32. The molecule has 0 saturated heterocycles. The Hall–Kier alpha value is -1.69. The molecule has 0 aliphatic heterocycles. The first-order valence-electron chi connectivity index (χ1n) is 7.08. The molecule has 2 N–H and O–H groups in total. The van der Waals surface area contributed by atoms with E-state index < -0.39 is 12.0 Å². The van der Waals surface area contributed by atoms with E-state index in [-0.39, 0.29) is 13.0 Å². The number of halogens is 2. The summed E-state index contributed by atoms with van der Waals surface area (Å²) in [7, 11) is 0. The first-order chi connectivity index (χ1) is 11.0. The predicted molar refractivity (Wildman–Crippen MR) is 87.8 cm³/mol. The van der Waals surface area contributed by atoms with Crippen molar-refractivity contribution < 1.29 is 18.7 Å². The highest BCUT2D eigenvalue weighted by atomic mass is 35.5. The van der Waals surface area contributed by atoms with Crippen LogP contribution >= 0.6 is 23.2 Å². The minimum absolute atomic E-state index is 0.189. The fourth-order valence-corrected chi connectivity index (χ4v) is 2.25. The summed E-state index contributed by atoms with van der Waals surface area (Å²) in [5, 5.41) is 0.773. The van der Waals surface area contributed by atoms with Gasteiger partial charge in [0.05, 0.1) is 11.6 Å². The number of carbonyl (C=O) groups is 1. The molecule has 5 nitrogen and oxygen atoms in total. The van der Waals surface area contributed by atoms with Crippen LogP contribution in [0, 0.1) is 0 Å². The van der Waals surface area contributed by atoms with Crippen LogP contribution in [0.5, 0.6) is 5.75 Å². The van der Waals surface area contributed by atoms with Gasteiger partial charge in [0, 0.05) is 6.42 Å². The quantitative estimate of drug-likeness (QED) is 0.766. The molecule has 1 atom stereocenters. The Kier molecular flexibility index (Phi) is 6.33. The molecule has 0 amide bonds. The van der Waals surface area contributed by atoms with Crippen molar-refractivity contribution in [1.82, 2.24) is 0 Å². The molecule has 1 heterocycles. The Labute approximate surface area is 144 Å². The molecule has 1 unspecified atom stereocenters. The van der Waals surface area contributed by atoms with Gasteiger partial charge >= 0.3 is 5.97 Å². The predicted octanol–water partition coefficient (Wildman–Crippen LogP) is 3.60. The molecule has 0 bridgehead atoms. The standard InChI is InChI=1S/C16H17Cl2NO4/c1-2-21-16(20)13(19)8-10-6-7-11(23-10)9-22-14-5-3-4-12(17)15(14)18/h3-7,13H,2,8-9,19H2,1H3. The van der Waals surface area contributed by atoms with Crippen LogP contribution in [0.15, 0.2) is 34.7 Å². The van der Waals surface area contributed by atoms with Crippen LogP contribution in [0.1, 0.15) is 18.4 Å². The summed E-state index contributed by atoms with van der Waals surface area (Å²) in [6.07, 6.45) is 0.261. The van der Waals surface area contributed by atoms with Crippen LogP contribution in [0.3, 0.4) is 0 Å². The number of hydrogen-bond acceptors (Lipinski definition) is 5. The number of esters is 1. The van der Waals surface area contributed by atoms with Gasteiger partial charge in [-0.25, -0.2) is 0 Å². The number of ether oxygens (including phenoxy) is 2. The van der Waals surface area contributed by atoms with Crippen molar-refractivity contribution >= 4 is 29.2 Å². The maximum absolute atomic E-state index is 11.5. The molecular formula is C16H17Cl2NO4. The van der Waals surface area contributed by atoms with Crippen LogP contribution < -0.4 is 10.5 Å². The van der Waals surface area contributed by atoms with Gasteiger partial charge in [0.25, 0.3) is 0 Å². The first kappa shape index (κ1) is 17.7. The lowest BCUT2D eigenvalue weighted by atomic mass is 10.2. The van der Waals surface area contributed by atoms with E-state index in [1.807, 2.05) is 0 Å². The van der Waals surface area contributed by atoms with Crippen LogP contribution in [0.4, 0.5) is 0 Å². The van der Waals surface area contributed by atoms with Crippen molar-refractivity contribution in [3.63, 3.8) is 0 Å². The van der Waals surface area contributed by atoms with Crippen LogP contribution in [0.2, 0.25) is 10.0 Å². The Balaban J connectivity index is 1.92. The van der Waals surface area contributed by atoms with Crippen molar-refractivity contribution in [2.24, 2.45) is 5.73 Å². The summed E-state index contributed by atoms with van der Waals surface area (Å²) in [4.78, 5) is 11.5. The number of hydrogen-bond donors (Lipinski definition) is 1. The second-order valence-corrected chi connectivity index (χ2v) is 5.56. The van der Waals surface area contributed by atoms with Crippen molar-refractivity contribution in [1.29, 1.82) is 0 Å². The molecule has 0 radical (unpaired) electrons. The van der Waals surface area contributed by atoms with Gasteiger partial charge in [-0.15, -0.1) is 0 Å². The molecule has 0 fully saturated rings. The molecule has 23 heavy (non-hydrogen) atoms. The topological polar surface area (TPSA) is 74.7 Å². The van der Waals surface area contributed by atoms with Gasteiger partial charge in [-0.3, -0.25) is 4.79 Å². The molecule has 0 saturated carbocycles. The van der Waals surface area contributed by atoms with E-state index in [0.717, 1.165) is 0 Å². The SMILES string of the molecule is CCOC(=O)C(N)Cc1ccc(COc2cccc(Cl)c2Cl)o1. The summed E-state index contributed by atoms with van der Waals surface area (Å²) >= 11 is 12.0. The fourth-order valence-electron chi connectivity index (χ4n) is 1.90. The molecule has 2 rings (SSSR count). The monoisotopic (exact) mass is 357 g/mol. The summed E-state index contributed by atoms with van der Waals surface area (Å²) in [5.41, 5.74) is 5.75. The van der Waals surface area contributed by atoms with Gasteiger partial charge in [-0.1, -0.05) is 29.3 Å². The third kappa shape index (κ3) is 4.89. The molecule has 2 aromatic rings. The molecule has 124 valence electrons. The number of furan rings is 1. The highest BCUT2D eigenvalue weighted by Gasteiger charge is 2.17. The lowest BCUT2D eigenvalue weighted by Gasteiger charge is -2.09. The summed E-state index contributed by atoms with van der Waals surface area (Å²) in [5.74, 6) is 1.20. The average Bonchev–Trinajstić information content (AvgIpc) is 2.96. The van der Waals surface area contributed by atoms with Crippen molar-refractivity contribution in [2.45, 2.75) is 26.0 Å². The molecular weight excluding hydrogens is 341 g/mol. The van der Waals surface area contributed by atoms with Gasteiger partial charge < -0.3 is 19.6 Å². The molecule has 1 aromatic carbocycles. The lowest BCUT2D eigenvalue weighted by molar-refractivity contribution is -0.144. The number of benzene rings is 1. The van der Waals surface area contributed by atoms with E-state index in [2.05, 4.69) is 0 Å². The largest absolute Gasteiger partial charge is 0.484 e. The van der Waals surface area contributed by atoms with E-state index in [4.69, 9.17) is 42.8 Å². The van der Waals surface area contributed by atoms with Crippen LogP contribution in [0.25, 0.3) is 0 Å². The summed E-state index contributed by atoms with van der Waals surface area (Å²) in [6, 6.07) is 7.89. The molecule has 0 aliphatic rings. The fraction of sp³-hybridized carbons (Fsp3) is 0.312. The minimum Gasteiger partial charge on any atom is -0.484 e. The zero-order valence-corrected chi connectivity index (χ0v) is 14.1. The average molecular weight is 358 g/mol. The Morgan fingerprint density at radius 3 is 2.74 bits per heavy atom. The molecule has 1 aromatic heterocycles. The third-order valence-electron chi connectivity index (χ3n) is 3.01. The second-order valence-electron chi connectivity index (χ2n) is 4.77. The number of nitrogens with two attached hydrogens (primary N) is 1. The summed E-state index contributed by atoms with van der Waals surface area (Å²) in [6.45, 7) is 2.22. The van der Waals surface area contributed by atoms with Crippen molar-refractivity contribution in [2.75, 3.05) is 6.61 Å². The van der Waals surface area contributed by atoms with Gasteiger partial charge in [-0.2, -0.15) is 0 Å². The van der Waals surface area contributed by atoms with Gasteiger partial charge in [-0.05, 0) is 31.2 Å². The lowest BCUT2D eigenvalue weighted by Crippen LogP contribution is -2.34. The second kappa shape index (κ2) is 8.24. The zero-order valence-electron chi connectivity index (χ0n) is 12.6. The van der Waals surface area contributed by atoms with E-state index in [9.17, 15) is 4.79 Å². The smallest absolute Gasteiger partial charge is 0.323 e. The van der Waals surface area contributed by atoms with E-state index in [1.165, 1.54) is 0 Å². The highest BCUT2D eigenvalue weighted by molar-refractivity contribution is 6.42. The Morgan fingerprint density at radius 1 is 1.26 bits per heavy atom. The molecule has 7 heteroatoms. The normalized spacial score (nSPS) is 12.0. The van der Waals surface area contributed by atoms with Crippen molar-refractivity contribution in [3.8, 4) is 5.75 Å². The first-order valence-corrected chi connectivity index (χ1v) is 7.83. The van der Waals surface area contributed by atoms with Crippen LogP contribution in [-0.2, 0) is 22.6 Å². The maximum Gasteiger partial charge on any atom is 0.323 e.